The number of nitrogens with one attached hydrogen (secondary N) is 1. The summed E-state index contributed by atoms with van der Waals surface area (Å²) in [6.45, 7) is 0.651. The third-order valence-corrected chi connectivity index (χ3v) is 4.06. The van der Waals surface area contributed by atoms with Crippen LogP contribution in [0.3, 0.4) is 0 Å². The Morgan fingerprint density at radius 3 is 2.57 bits per heavy atom. The topological polar surface area (TPSA) is 88.3 Å². The molecular weight excluding hydrogens is 362 g/mol. The molecule has 0 atom stereocenters. The predicted octanol–water partition coefficient (Wildman–Crippen LogP) is 3.85. The van der Waals surface area contributed by atoms with Crippen LogP contribution in [0.5, 0.6) is 0 Å². The second kappa shape index (κ2) is 6.47. The Labute approximate surface area is 140 Å². The number of non-ortho nitro benzene ring substituents is 1. The van der Waals surface area contributed by atoms with Crippen LogP contribution in [0.2, 0.25) is 0 Å². The Bertz CT molecular complexity index is 899. The fourth-order valence-corrected chi connectivity index (χ4v) is 2.86. The lowest BCUT2D eigenvalue weighted by atomic mass is 10.1. The number of aliphatic hydroxyl groups excluding tert-OH is 1. The first kappa shape index (κ1) is 15.6. The summed E-state index contributed by atoms with van der Waals surface area (Å²) in [6.07, 6.45) is 0.592. The molecule has 0 aliphatic carbocycles. The molecule has 0 unspecified atom stereocenters. The number of pyridine rings is 1. The molecule has 0 aliphatic rings. The van der Waals surface area contributed by atoms with Crippen LogP contribution in [-0.2, 0) is 0 Å². The van der Waals surface area contributed by atoms with Crippen LogP contribution >= 0.6 is 15.9 Å². The second-order valence-electron chi connectivity index (χ2n) is 5.11. The number of anilines is 1. The van der Waals surface area contributed by atoms with E-state index in [-0.39, 0.29) is 12.3 Å². The molecule has 0 bridgehead atoms. The third kappa shape index (κ3) is 3.11. The van der Waals surface area contributed by atoms with Crippen LogP contribution in [0.4, 0.5) is 11.4 Å². The van der Waals surface area contributed by atoms with Crippen molar-refractivity contribution in [3.05, 3.63) is 51.0 Å². The van der Waals surface area contributed by atoms with Crippen molar-refractivity contribution in [3.8, 4) is 0 Å². The number of fused-ring (bicyclic) bond motifs is 2. The Hall–Kier alpha value is -2.25. The van der Waals surface area contributed by atoms with E-state index in [1.165, 1.54) is 12.1 Å². The van der Waals surface area contributed by atoms with Crippen LogP contribution < -0.4 is 5.32 Å². The number of aliphatic hydroxyl groups is 1. The van der Waals surface area contributed by atoms with Gasteiger partial charge in [-0.05, 0) is 30.7 Å². The minimum atomic E-state index is -0.415. The zero-order valence-electron chi connectivity index (χ0n) is 12.1. The van der Waals surface area contributed by atoms with Gasteiger partial charge in [-0.2, -0.15) is 0 Å². The number of nitrogens with zero attached hydrogens (tertiary/aromatic N) is 2. The van der Waals surface area contributed by atoms with Gasteiger partial charge in [0, 0.05) is 40.5 Å². The Balaban J connectivity index is 2.28. The first-order chi connectivity index (χ1) is 11.1. The van der Waals surface area contributed by atoms with E-state index in [1.807, 2.05) is 18.2 Å². The molecule has 3 aromatic rings. The molecule has 2 N–H and O–H groups in total. The van der Waals surface area contributed by atoms with Crippen molar-refractivity contribution in [2.45, 2.75) is 6.42 Å². The summed E-state index contributed by atoms with van der Waals surface area (Å²) >= 11 is 3.45. The van der Waals surface area contributed by atoms with Crippen LogP contribution in [0.1, 0.15) is 6.42 Å². The standard InChI is InChI=1S/C16H14BrN3O3/c17-10-2-4-14-12(8-10)16(18-6-1-7-21)13-9-11(20(22)23)3-5-15(13)19-14/h2-5,8-9,21H,1,6-7H2,(H,18,19). The minimum absolute atomic E-state index is 0.0267. The molecule has 0 radical (unpaired) electrons. The zero-order chi connectivity index (χ0) is 16.4. The normalized spacial score (nSPS) is 11.0. The van der Waals surface area contributed by atoms with Gasteiger partial charge in [-0.3, -0.25) is 10.1 Å². The minimum Gasteiger partial charge on any atom is -0.396 e. The average Bonchev–Trinajstić information content (AvgIpc) is 2.54. The quantitative estimate of drug-likeness (QED) is 0.306. The van der Waals surface area contributed by atoms with Gasteiger partial charge in [-0.15, -0.1) is 0 Å². The number of benzene rings is 2. The SMILES string of the molecule is O=[N+]([O-])c1ccc2nc3ccc(Br)cc3c(NCCCO)c2c1. The lowest BCUT2D eigenvalue weighted by Crippen LogP contribution is -2.05. The van der Waals surface area contributed by atoms with E-state index in [9.17, 15) is 10.1 Å². The fraction of sp³-hybridized carbons (Fsp3) is 0.188. The summed E-state index contributed by atoms with van der Waals surface area (Å²) in [5.74, 6) is 0. The van der Waals surface area contributed by atoms with Crippen LogP contribution in [0.15, 0.2) is 40.9 Å². The molecule has 6 nitrogen and oxygen atoms in total. The van der Waals surface area contributed by atoms with Crippen LogP contribution in [0.25, 0.3) is 21.8 Å². The molecule has 0 fully saturated rings. The Morgan fingerprint density at radius 1 is 1.17 bits per heavy atom. The molecule has 2 aromatic carbocycles. The van der Waals surface area contributed by atoms with E-state index < -0.39 is 4.92 Å². The van der Waals surface area contributed by atoms with Crippen LogP contribution in [0, 0.1) is 10.1 Å². The van der Waals surface area contributed by atoms with Crippen LogP contribution in [-0.4, -0.2) is 28.2 Å². The molecule has 23 heavy (non-hydrogen) atoms. The van der Waals surface area contributed by atoms with Gasteiger partial charge >= 0.3 is 0 Å². The van der Waals surface area contributed by atoms with Crippen molar-refractivity contribution < 1.29 is 10.0 Å². The summed E-state index contributed by atoms with van der Waals surface area (Å²) in [5.41, 5.74) is 2.32. The van der Waals surface area contributed by atoms with Gasteiger partial charge in [0.05, 0.1) is 21.6 Å². The van der Waals surface area contributed by atoms with Crippen molar-refractivity contribution in [2.24, 2.45) is 0 Å². The monoisotopic (exact) mass is 375 g/mol. The maximum Gasteiger partial charge on any atom is 0.270 e. The van der Waals surface area contributed by atoms with Crippen molar-refractivity contribution >= 4 is 49.1 Å². The summed E-state index contributed by atoms with van der Waals surface area (Å²) in [7, 11) is 0. The van der Waals surface area contributed by atoms with Gasteiger partial charge < -0.3 is 10.4 Å². The fourth-order valence-electron chi connectivity index (χ4n) is 2.50. The molecule has 0 spiro atoms. The zero-order valence-corrected chi connectivity index (χ0v) is 13.7. The van der Waals surface area contributed by atoms with Gasteiger partial charge in [0.15, 0.2) is 0 Å². The molecule has 0 saturated heterocycles. The molecule has 7 heteroatoms. The Kier molecular flexibility index (Phi) is 4.40. The largest absolute Gasteiger partial charge is 0.396 e. The molecule has 0 aliphatic heterocycles. The summed E-state index contributed by atoms with van der Waals surface area (Å²) in [5, 5.41) is 24.9. The highest BCUT2D eigenvalue weighted by molar-refractivity contribution is 9.10. The van der Waals surface area contributed by atoms with Crippen molar-refractivity contribution in [1.82, 2.24) is 4.98 Å². The summed E-state index contributed by atoms with van der Waals surface area (Å²) in [6, 6.07) is 10.4. The molecular formula is C16H14BrN3O3. The van der Waals surface area contributed by atoms with Gasteiger partial charge in [-0.25, -0.2) is 4.98 Å². The Morgan fingerprint density at radius 2 is 1.87 bits per heavy atom. The number of halogens is 1. The molecule has 0 saturated carbocycles. The van der Waals surface area contributed by atoms with E-state index >= 15 is 0 Å². The highest BCUT2D eigenvalue weighted by atomic mass is 79.9. The highest BCUT2D eigenvalue weighted by Crippen LogP contribution is 2.34. The lowest BCUT2D eigenvalue weighted by Gasteiger charge is -2.13. The molecule has 0 amide bonds. The van der Waals surface area contributed by atoms with Gasteiger partial charge in [0.25, 0.3) is 5.69 Å². The van der Waals surface area contributed by atoms with E-state index in [0.29, 0.717) is 23.9 Å². The number of hydrogen-bond donors (Lipinski definition) is 2. The maximum atomic E-state index is 11.1. The molecule has 1 heterocycles. The lowest BCUT2D eigenvalue weighted by molar-refractivity contribution is -0.384. The molecule has 3 rings (SSSR count). The average molecular weight is 376 g/mol. The summed E-state index contributed by atoms with van der Waals surface area (Å²) < 4.78 is 0.904. The first-order valence-corrected chi connectivity index (χ1v) is 7.91. The van der Waals surface area contributed by atoms with Crippen molar-refractivity contribution in [2.75, 3.05) is 18.5 Å². The second-order valence-corrected chi connectivity index (χ2v) is 6.03. The highest BCUT2D eigenvalue weighted by Gasteiger charge is 2.13. The third-order valence-electron chi connectivity index (χ3n) is 3.57. The van der Waals surface area contributed by atoms with E-state index in [1.54, 1.807) is 6.07 Å². The number of rotatable bonds is 5. The molecule has 118 valence electrons. The predicted molar refractivity (Wildman–Crippen MR) is 93.8 cm³/mol. The number of aromatic nitrogens is 1. The molecule has 1 aromatic heterocycles. The summed E-state index contributed by atoms with van der Waals surface area (Å²) in [4.78, 5) is 15.2. The van der Waals surface area contributed by atoms with Crippen molar-refractivity contribution in [1.29, 1.82) is 0 Å². The van der Waals surface area contributed by atoms with Crippen molar-refractivity contribution in [3.63, 3.8) is 0 Å². The van der Waals surface area contributed by atoms with E-state index in [4.69, 9.17) is 5.11 Å². The van der Waals surface area contributed by atoms with Gasteiger partial charge in [-0.1, -0.05) is 15.9 Å². The smallest absolute Gasteiger partial charge is 0.270 e. The van der Waals surface area contributed by atoms with E-state index in [2.05, 4.69) is 26.2 Å². The number of nitro groups is 1. The number of hydrogen-bond acceptors (Lipinski definition) is 5. The first-order valence-electron chi connectivity index (χ1n) is 7.12. The number of nitro benzene ring substituents is 1. The van der Waals surface area contributed by atoms with Gasteiger partial charge in [0.1, 0.15) is 0 Å². The van der Waals surface area contributed by atoms with E-state index in [0.717, 1.165) is 21.1 Å². The maximum absolute atomic E-state index is 11.1. The van der Waals surface area contributed by atoms with Gasteiger partial charge in [0.2, 0.25) is 0 Å².